The largest absolute Gasteiger partial charge is 0.508 e. The average Bonchev–Trinajstić information content (AvgIpc) is 2.79. The summed E-state index contributed by atoms with van der Waals surface area (Å²) in [5.74, 6) is -4.57. The van der Waals surface area contributed by atoms with Crippen molar-refractivity contribution in [2.24, 2.45) is 17.4 Å². The van der Waals surface area contributed by atoms with Crippen molar-refractivity contribution in [3.05, 3.63) is 29.8 Å². The zero-order valence-electron chi connectivity index (χ0n) is 19.6. The van der Waals surface area contributed by atoms with Crippen LogP contribution in [0.4, 0.5) is 0 Å². The molecule has 0 radical (unpaired) electrons. The minimum absolute atomic E-state index is 0.0248. The average molecular weight is 512 g/mol. The highest BCUT2D eigenvalue weighted by Gasteiger charge is 2.30. The summed E-state index contributed by atoms with van der Waals surface area (Å²) in [6.07, 6.45) is -0.456. The van der Waals surface area contributed by atoms with E-state index in [1.54, 1.807) is 26.0 Å². The highest BCUT2D eigenvalue weighted by Crippen LogP contribution is 2.12. The minimum atomic E-state index is -1.40. The zero-order valence-corrected chi connectivity index (χ0v) is 20.5. The standard InChI is InChI=1S/C22H33N5O7S/c1-11(2)18(24)21(32)26-15(9-12-3-5-13(28)6-4-12)19(30)27-16(10-35)20(31)25-14(22(33)34)7-8-17(23)29/h3-6,11,14-16,18,28,35H,7-10,24H2,1-2H3,(H2,23,29)(H,25,31)(H,26,32)(H,27,30)(H,33,34). The Bertz CT molecular complexity index is 910. The number of aliphatic carboxylic acids is 1. The molecule has 0 bridgehead atoms. The lowest BCUT2D eigenvalue weighted by Crippen LogP contribution is -2.58. The second-order valence-corrected chi connectivity index (χ2v) is 8.71. The molecule has 1 aromatic carbocycles. The Labute approximate surface area is 208 Å². The third-order valence-corrected chi connectivity index (χ3v) is 5.50. The number of amides is 4. The van der Waals surface area contributed by atoms with Gasteiger partial charge in [-0.05, 0) is 30.0 Å². The van der Waals surface area contributed by atoms with Gasteiger partial charge >= 0.3 is 5.97 Å². The molecular formula is C22H33N5O7S. The fourth-order valence-electron chi connectivity index (χ4n) is 2.93. The van der Waals surface area contributed by atoms with Gasteiger partial charge in [-0.15, -0.1) is 0 Å². The number of hydrogen-bond donors (Lipinski definition) is 8. The molecule has 0 aromatic heterocycles. The van der Waals surface area contributed by atoms with Crippen LogP contribution in [0.25, 0.3) is 0 Å². The van der Waals surface area contributed by atoms with Gasteiger partial charge in [0.25, 0.3) is 0 Å². The number of primary amides is 1. The van der Waals surface area contributed by atoms with Crippen molar-refractivity contribution < 1.29 is 34.2 Å². The molecule has 1 aromatic rings. The Balaban J connectivity index is 3.00. The van der Waals surface area contributed by atoms with Crippen LogP contribution in [0.15, 0.2) is 24.3 Å². The number of carboxylic acid groups (broad SMARTS) is 1. The van der Waals surface area contributed by atoms with Gasteiger partial charge in [0.15, 0.2) is 0 Å². The molecule has 0 saturated heterocycles. The number of carbonyl (C=O) groups is 5. The third-order valence-electron chi connectivity index (χ3n) is 5.14. The Morgan fingerprint density at radius 3 is 1.91 bits per heavy atom. The van der Waals surface area contributed by atoms with Crippen molar-refractivity contribution in [3.8, 4) is 5.75 Å². The van der Waals surface area contributed by atoms with Crippen LogP contribution in [0.3, 0.4) is 0 Å². The van der Waals surface area contributed by atoms with E-state index in [0.717, 1.165) is 0 Å². The molecule has 0 aliphatic heterocycles. The number of rotatable bonds is 14. The van der Waals surface area contributed by atoms with E-state index in [1.807, 2.05) is 0 Å². The highest BCUT2D eigenvalue weighted by atomic mass is 32.1. The maximum absolute atomic E-state index is 13.0. The van der Waals surface area contributed by atoms with Gasteiger partial charge in [0.2, 0.25) is 23.6 Å². The molecule has 0 aliphatic carbocycles. The first kappa shape index (κ1) is 29.7. The summed E-state index contributed by atoms with van der Waals surface area (Å²) in [7, 11) is 0. The van der Waals surface area contributed by atoms with E-state index < -0.39 is 53.8 Å². The van der Waals surface area contributed by atoms with Crippen LogP contribution in [-0.4, -0.2) is 69.7 Å². The lowest BCUT2D eigenvalue weighted by atomic mass is 10.0. The molecule has 0 heterocycles. The fraction of sp³-hybridized carbons (Fsp3) is 0.500. The normalized spacial score (nSPS) is 14.3. The van der Waals surface area contributed by atoms with Gasteiger partial charge in [0.05, 0.1) is 6.04 Å². The first-order valence-corrected chi connectivity index (χ1v) is 11.6. The van der Waals surface area contributed by atoms with Crippen LogP contribution >= 0.6 is 12.6 Å². The van der Waals surface area contributed by atoms with Gasteiger partial charge < -0.3 is 37.6 Å². The van der Waals surface area contributed by atoms with Crippen LogP contribution < -0.4 is 27.4 Å². The molecule has 194 valence electrons. The number of phenols is 1. The Morgan fingerprint density at radius 2 is 1.43 bits per heavy atom. The Morgan fingerprint density at radius 1 is 0.914 bits per heavy atom. The molecule has 12 nitrogen and oxygen atoms in total. The van der Waals surface area contributed by atoms with Crippen LogP contribution in [0.5, 0.6) is 5.75 Å². The maximum Gasteiger partial charge on any atom is 0.326 e. The van der Waals surface area contributed by atoms with Crippen molar-refractivity contribution in [3.63, 3.8) is 0 Å². The molecule has 4 amide bonds. The van der Waals surface area contributed by atoms with E-state index in [9.17, 15) is 34.2 Å². The molecule has 35 heavy (non-hydrogen) atoms. The summed E-state index contributed by atoms with van der Waals surface area (Å²) in [6.45, 7) is 3.50. The lowest BCUT2D eigenvalue weighted by molar-refractivity contribution is -0.142. The summed E-state index contributed by atoms with van der Waals surface area (Å²) in [4.78, 5) is 60.6. The van der Waals surface area contributed by atoms with E-state index in [0.29, 0.717) is 5.56 Å². The van der Waals surface area contributed by atoms with E-state index >= 15 is 0 Å². The van der Waals surface area contributed by atoms with E-state index in [4.69, 9.17) is 11.5 Å². The fourth-order valence-corrected chi connectivity index (χ4v) is 3.19. The summed E-state index contributed by atoms with van der Waals surface area (Å²) in [6, 6.07) is 1.35. The van der Waals surface area contributed by atoms with Crippen LogP contribution in [0, 0.1) is 5.92 Å². The zero-order chi connectivity index (χ0) is 26.7. The number of phenolic OH excluding ortho intramolecular Hbond substituents is 1. The quantitative estimate of drug-likeness (QED) is 0.139. The molecule has 0 aliphatic rings. The summed E-state index contributed by atoms with van der Waals surface area (Å²) in [5.41, 5.74) is 11.5. The number of nitrogens with two attached hydrogens (primary N) is 2. The first-order valence-electron chi connectivity index (χ1n) is 10.9. The van der Waals surface area contributed by atoms with Gasteiger partial charge in [0, 0.05) is 18.6 Å². The maximum atomic E-state index is 13.0. The van der Waals surface area contributed by atoms with E-state index in [1.165, 1.54) is 12.1 Å². The first-order chi connectivity index (χ1) is 16.3. The smallest absolute Gasteiger partial charge is 0.326 e. The number of thiol groups is 1. The monoisotopic (exact) mass is 511 g/mol. The van der Waals surface area contributed by atoms with Crippen molar-refractivity contribution in [1.29, 1.82) is 0 Å². The van der Waals surface area contributed by atoms with Crippen LogP contribution in [0.1, 0.15) is 32.3 Å². The molecule has 0 fully saturated rings. The topological polar surface area (TPSA) is 214 Å². The van der Waals surface area contributed by atoms with Crippen molar-refractivity contribution in [2.75, 3.05) is 5.75 Å². The predicted molar refractivity (Wildman–Crippen MR) is 130 cm³/mol. The van der Waals surface area contributed by atoms with Crippen molar-refractivity contribution >= 4 is 42.2 Å². The van der Waals surface area contributed by atoms with Crippen LogP contribution in [-0.2, 0) is 30.4 Å². The molecular weight excluding hydrogens is 478 g/mol. The Kier molecular flexibility index (Phi) is 12.0. The second kappa shape index (κ2) is 14.2. The van der Waals surface area contributed by atoms with Crippen molar-refractivity contribution in [1.82, 2.24) is 16.0 Å². The second-order valence-electron chi connectivity index (χ2n) is 8.35. The molecule has 4 atom stereocenters. The summed E-state index contributed by atoms with van der Waals surface area (Å²) in [5, 5.41) is 26.1. The van der Waals surface area contributed by atoms with Gasteiger partial charge in [0.1, 0.15) is 23.9 Å². The number of benzene rings is 1. The summed E-state index contributed by atoms with van der Waals surface area (Å²) >= 11 is 4.06. The van der Waals surface area contributed by atoms with Gasteiger partial charge in [-0.25, -0.2) is 4.79 Å². The third kappa shape index (κ3) is 10.2. The Hall–Kier alpha value is -3.32. The highest BCUT2D eigenvalue weighted by molar-refractivity contribution is 7.80. The SMILES string of the molecule is CC(C)C(N)C(=O)NC(Cc1ccc(O)cc1)C(=O)NC(CS)C(=O)NC(CCC(N)=O)C(=O)O. The van der Waals surface area contributed by atoms with Gasteiger partial charge in [-0.3, -0.25) is 19.2 Å². The van der Waals surface area contributed by atoms with E-state index in [-0.39, 0.29) is 36.7 Å². The number of hydrogen-bond acceptors (Lipinski definition) is 8. The molecule has 4 unspecified atom stereocenters. The molecule has 1 rings (SSSR count). The van der Waals surface area contributed by atoms with E-state index in [2.05, 4.69) is 28.6 Å². The molecule has 13 heteroatoms. The molecule has 9 N–H and O–H groups in total. The minimum Gasteiger partial charge on any atom is -0.508 e. The number of carbonyl (C=O) groups excluding carboxylic acids is 4. The van der Waals surface area contributed by atoms with Gasteiger partial charge in [-0.1, -0.05) is 26.0 Å². The number of aromatic hydroxyl groups is 1. The van der Waals surface area contributed by atoms with Crippen molar-refractivity contribution in [2.45, 2.75) is 57.3 Å². The summed E-state index contributed by atoms with van der Waals surface area (Å²) < 4.78 is 0. The lowest BCUT2D eigenvalue weighted by Gasteiger charge is -2.25. The number of carboxylic acids is 1. The predicted octanol–water partition coefficient (Wildman–Crippen LogP) is -1.35. The molecule has 0 spiro atoms. The van der Waals surface area contributed by atoms with Crippen LogP contribution in [0.2, 0.25) is 0 Å². The molecule has 0 saturated carbocycles. The van der Waals surface area contributed by atoms with Gasteiger partial charge in [-0.2, -0.15) is 12.6 Å². The number of nitrogens with one attached hydrogen (secondary N) is 3.